The van der Waals surface area contributed by atoms with Gasteiger partial charge in [-0.3, -0.25) is 0 Å². The van der Waals surface area contributed by atoms with Crippen LogP contribution in [0.2, 0.25) is 0 Å². The molecule has 21 heavy (non-hydrogen) atoms. The summed E-state index contributed by atoms with van der Waals surface area (Å²) in [5.41, 5.74) is 0.879. The van der Waals surface area contributed by atoms with Gasteiger partial charge < -0.3 is 10.0 Å². The topological polar surface area (TPSA) is 66.3 Å². The van der Waals surface area contributed by atoms with Crippen LogP contribution in [0, 0.1) is 5.92 Å². The minimum Gasteiger partial charge on any atom is -0.476 e. The molecule has 0 amide bonds. The number of piperidine rings is 1. The molecule has 0 bridgehead atoms. The number of carboxylic acids is 1. The first kappa shape index (κ1) is 14.3. The first-order chi connectivity index (χ1) is 10.1. The lowest BCUT2D eigenvalue weighted by Gasteiger charge is -2.39. The van der Waals surface area contributed by atoms with Crippen molar-refractivity contribution >= 4 is 11.7 Å². The van der Waals surface area contributed by atoms with Gasteiger partial charge in [-0.2, -0.15) is 0 Å². The van der Waals surface area contributed by atoms with Gasteiger partial charge in [0.1, 0.15) is 5.82 Å². The van der Waals surface area contributed by atoms with Crippen molar-refractivity contribution in [2.45, 2.75) is 57.9 Å². The highest BCUT2D eigenvalue weighted by Crippen LogP contribution is 2.39. The SMILES string of the molecule is CC(C)c1ncc(N2CCCC3CCCC32)c(C(=O)O)n1. The second kappa shape index (κ2) is 5.62. The van der Waals surface area contributed by atoms with E-state index in [1.165, 1.54) is 19.3 Å². The van der Waals surface area contributed by atoms with Crippen molar-refractivity contribution in [2.75, 3.05) is 11.4 Å². The third-order valence-electron chi connectivity index (χ3n) is 4.81. The van der Waals surface area contributed by atoms with Crippen LogP contribution in [0.5, 0.6) is 0 Å². The van der Waals surface area contributed by atoms with Crippen molar-refractivity contribution in [3.05, 3.63) is 17.7 Å². The molecule has 1 saturated carbocycles. The first-order valence-corrected chi connectivity index (χ1v) is 7.94. The van der Waals surface area contributed by atoms with Crippen LogP contribution in [0.15, 0.2) is 6.20 Å². The lowest BCUT2D eigenvalue weighted by molar-refractivity contribution is 0.0690. The normalized spacial score (nSPS) is 25.2. The van der Waals surface area contributed by atoms with E-state index in [2.05, 4.69) is 14.9 Å². The lowest BCUT2D eigenvalue weighted by Crippen LogP contribution is -2.43. The molecular formula is C16H23N3O2. The van der Waals surface area contributed by atoms with Crippen molar-refractivity contribution in [1.29, 1.82) is 0 Å². The number of anilines is 1. The molecule has 5 nitrogen and oxygen atoms in total. The summed E-state index contributed by atoms with van der Waals surface area (Å²) in [6.07, 6.45) is 7.82. The molecule has 114 valence electrons. The van der Waals surface area contributed by atoms with Crippen LogP contribution < -0.4 is 4.90 Å². The molecule has 2 aliphatic rings. The van der Waals surface area contributed by atoms with Crippen LogP contribution in [-0.4, -0.2) is 33.6 Å². The van der Waals surface area contributed by atoms with Gasteiger partial charge in [0, 0.05) is 18.5 Å². The van der Waals surface area contributed by atoms with Gasteiger partial charge in [0.05, 0.1) is 11.9 Å². The molecule has 3 rings (SSSR count). The van der Waals surface area contributed by atoms with E-state index in [1.807, 2.05) is 13.8 Å². The van der Waals surface area contributed by atoms with Gasteiger partial charge in [-0.1, -0.05) is 20.3 Å². The van der Waals surface area contributed by atoms with E-state index >= 15 is 0 Å². The van der Waals surface area contributed by atoms with E-state index in [4.69, 9.17) is 0 Å². The number of aromatic carboxylic acids is 1. The van der Waals surface area contributed by atoms with Gasteiger partial charge in [0.15, 0.2) is 5.69 Å². The van der Waals surface area contributed by atoms with Crippen molar-refractivity contribution in [3.8, 4) is 0 Å². The summed E-state index contributed by atoms with van der Waals surface area (Å²) >= 11 is 0. The molecule has 0 aromatic carbocycles. The first-order valence-electron chi connectivity index (χ1n) is 7.94. The van der Waals surface area contributed by atoms with Crippen LogP contribution in [0.1, 0.15) is 68.2 Å². The van der Waals surface area contributed by atoms with E-state index in [0.717, 1.165) is 19.4 Å². The molecule has 2 heterocycles. The summed E-state index contributed by atoms with van der Waals surface area (Å²) in [4.78, 5) is 22.6. The van der Waals surface area contributed by atoms with Crippen molar-refractivity contribution in [2.24, 2.45) is 5.92 Å². The number of rotatable bonds is 3. The highest BCUT2D eigenvalue weighted by Gasteiger charge is 2.37. The smallest absolute Gasteiger partial charge is 0.356 e. The van der Waals surface area contributed by atoms with Gasteiger partial charge in [-0.05, 0) is 31.6 Å². The number of carboxylic acid groups (broad SMARTS) is 1. The molecule has 2 unspecified atom stereocenters. The van der Waals surface area contributed by atoms with Crippen molar-refractivity contribution in [1.82, 2.24) is 9.97 Å². The summed E-state index contributed by atoms with van der Waals surface area (Å²) in [5.74, 6) is 0.508. The van der Waals surface area contributed by atoms with Gasteiger partial charge in [-0.15, -0.1) is 0 Å². The number of fused-ring (bicyclic) bond motifs is 1. The average molecular weight is 289 g/mol. The van der Waals surface area contributed by atoms with Crippen LogP contribution in [0.3, 0.4) is 0 Å². The summed E-state index contributed by atoms with van der Waals surface area (Å²) in [6.45, 7) is 4.88. The average Bonchev–Trinajstić information content (AvgIpc) is 2.94. The van der Waals surface area contributed by atoms with E-state index in [1.54, 1.807) is 6.20 Å². The van der Waals surface area contributed by atoms with Crippen molar-refractivity contribution in [3.63, 3.8) is 0 Å². The van der Waals surface area contributed by atoms with Gasteiger partial charge in [0.25, 0.3) is 0 Å². The molecule has 2 atom stereocenters. The summed E-state index contributed by atoms with van der Waals surface area (Å²) in [6, 6.07) is 0.477. The lowest BCUT2D eigenvalue weighted by atomic mass is 9.91. The Morgan fingerprint density at radius 2 is 2.10 bits per heavy atom. The Kier molecular flexibility index (Phi) is 3.83. The highest BCUT2D eigenvalue weighted by atomic mass is 16.4. The maximum absolute atomic E-state index is 11.6. The quantitative estimate of drug-likeness (QED) is 0.926. The maximum atomic E-state index is 11.6. The summed E-state index contributed by atoms with van der Waals surface area (Å²) in [5, 5.41) is 9.53. The molecule has 0 radical (unpaired) electrons. The summed E-state index contributed by atoms with van der Waals surface area (Å²) in [7, 11) is 0. The minimum atomic E-state index is -0.950. The zero-order chi connectivity index (χ0) is 15.0. The van der Waals surface area contributed by atoms with Gasteiger partial charge in [-0.25, -0.2) is 14.8 Å². The van der Waals surface area contributed by atoms with Gasteiger partial charge >= 0.3 is 5.97 Å². The molecule has 1 saturated heterocycles. The fourth-order valence-electron chi connectivity index (χ4n) is 3.79. The summed E-state index contributed by atoms with van der Waals surface area (Å²) < 4.78 is 0. The van der Waals surface area contributed by atoms with Crippen LogP contribution in [-0.2, 0) is 0 Å². The molecular weight excluding hydrogens is 266 g/mol. The molecule has 5 heteroatoms. The van der Waals surface area contributed by atoms with E-state index in [-0.39, 0.29) is 11.6 Å². The zero-order valence-electron chi connectivity index (χ0n) is 12.7. The zero-order valence-corrected chi connectivity index (χ0v) is 12.7. The highest BCUT2D eigenvalue weighted by molar-refractivity contribution is 5.92. The number of hydrogen-bond donors (Lipinski definition) is 1. The van der Waals surface area contributed by atoms with Crippen LogP contribution >= 0.6 is 0 Å². The fourth-order valence-corrected chi connectivity index (χ4v) is 3.79. The molecule has 1 aliphatic carbocycles. The third kappa shape index (κ3) is 2.61. The number of aromatic nitrogens is 2. The second-order valence-electron chi connectivity index (χ2n) is 6.52. The number of carbonyl (C=O) groups is 1. The van der Waals surface area contributed by atoms with Crippen LogP contribution in [0.25, 0.3) is 0 Å². The van der Waals surface area contributed by atoms with E-state index in [0.29, 0.717) is 23.5 Å². The minimum absolute atomic E-state index is 0.137. The standard InChI is InChI=1S/C16H23N3O2/c1-10(2)15-17-9-13(14(18-15)16(20)21)19-8-4-6-11-5-3-7-12(11)19/h9-12H,3-8H2,1-2H3,(H,20,21). The molecule has 0 spiro atoms. The Morgan fingerprint density at radius 3 is 2.81 bits per heavy atom. The molecule has 2 fully saturated rings. The Hall–Kier alpha value is -1.65. The largest absolute Gasteiger partial charge is 0.476 e. The number of nitrogens with zero attached hydrogens (tertiary/aromatic N) is 3. The molecule has 1 aromatic heterocycles. The predicted molar refractivity (Wildman–Crippen MR) is 80.8 cm³/mol. The Bertz CT molecular complexity index is 544. The molecule has 1 aliphatic heterocycles. The van der Waals surface area contributed by atoms with Crippen molar-refractivity contribution < 1.29 is 9.90 Å². The number of hydrogen-bond acceptors (Lipinski definition) is 4. The fraction of sp³-hybridized carbons (Fsp3) is 0.688. The van der Waals surface area contributed by atoms with E-state index in [9.17, 15) is 9.90 Å². The second-order valence-corrected chi connectivity index (χ2v) is 6.52. The Balaban J connectivity index is 1.98. The van der Waals surface area contributed by atoms with Gasteiger partial charge in [0.2, 0.25) is 0 Å². The maximum Gasteiger partial charge on any atom is 0.356 e. The van der Waals surface area contributed by atoms with Crippen LogP contribution in [0.4, 0.5) is 5.69 Å². The predicted octanol–water partition coefficient (Wildman–Crippen LogP) is 3.07. The Morgan fingerprint density at radius 1 is 1.33 bits per heavy atom. The molecule has 1 N–H and O–H groups in total. The molecule has 1 aromatic rings. The Labute approximate surface area is 125 Å². The monoisotopic (exact) mass is 289 g/mol. The third-order valence-corrected chi connectivity index (χ3v) is 4.81. The van der Waals surface area contributed by atoms with E-state index < -0.39 is 5.97 Å².